The van der Waals surface area contributed by atoms with Crippen LogP contribution >= 0.6 is 0 Å². The molecule has 8 nitrogen and oxygen atoms in total. The number of ether oxygens (including phenoxy) is 1. The summed E-state index contributed by atoms with van der Waals surface area (Å²) in [6.45, 7) is 17.4. The molecule has 2 saturated carbocycles. The zero-order chi connectivity index (χ0) is 27.5. The van der Waals surface area contributed by atoms with Gasteiger partial charge in [0.15, 0.2) is 0 Å². The van der Waals surface area contributed by atoms with Crippen molar-refractivity contribution >= 4 is 11.8 Å². The maximum atomic E-state index is 13.5. The first kappa shape index (κ1) is 29.5. The number of fused-ring (bicyclic) bond motifs is 2. The molecule has 1 heterocycles. The molecule has 2 aliphatic rings. The molecule has 0 aliphatic heterocycles. The number of carbonyl (C=O) groups excluding carboxylic acids is 2. The molecule has 1 aromatic rings. The summed E-state index contributed by atoms with van der Waals surface area (Å²) in [5, 5.41) is 21.7. The van der Waals surface area contributed by atoms with Crippen LogP contribution < -0.4 is 15.4 Å². The third kappa shape index (κ3) is 8.20. The monoisotopic (exact) mass is 518 g/mol. The number of amides is 2. The highest BCUT2D eigenvalue weighted by atomic mass is 16.5. The normalized spacial score (nSPS) is 27.9. The summed E-state index contributed by atoms with van der Waals surface area (Å²) in [5.74, 6) is 2.10. The first-order chi connectivity index (χ1) is 17.2. The van der Waals surface area contributed by atoms with Crippen LogP contribution in [0.3, 0.4) is 0 Å². The minimum Gasteiger partial charge on any atom is -0.477 e. The van der Waals surface area contributed by atoms with Gasteiger partial charge in [-0.2, -0.15) is 5.10 Å². The van der Waals surface area contributed by atoms with Gasteiger partial charge in [-0.3, -0.25) is 9.59 Å². The average molecular weight is 519 g/mol. The van der Waals surface area contributed by atoms with E-state index in [0.717, 1.165) is 19.3 Å². The SMILES string of the molecule is CC(C)COc1c(C(=O)NC2C(C)CC3CC2C[C@@](C)(O)C3)cnn1CCC(C)(C)NC(=O)CC(C)C. The van der Waals surface area contributed by atoms with E-state index in [2.05, 4.69) is 36.5 Å². The molecule has 8 heteroatoms. The molecule has 0 aromatic carbocycles. The summed E-state index contributed by atoms with van der Waals surface area (Å²) in [6, 6.07) is 0.0203. The largest absolute Gasteiger partial charge is 0.477 e. The quantitative estimate of drug-likeness (QED) is 0.398. The first-order valence-electron chi connectivity index (χ1n) is 14.2. The molecular weight excluding hydrogens is 468 g/mol. The van der Waals surface area contributed by atoms with Crippen LogP contribution in [0.1, 0.15) is 104 Å². The highest BCUT2D eigenvalue weighted by Gasteiger charge is 2.45. The van der Waals surface area contributed by atoms with E-state index in [0.29, 0.717) is 67.5 Å². The third-order valence-corrected chi connectivity index (χ3v) is 7.80. The second kappa shape index (κ2) is 11.7. The minimum atomic E-state index is -0.662. The predicted octanol–water partition coefficient (Wildman–Crippen LogP) is 4.55. The molecular formula is C29H50N4O4. The number of rotatable bonds is 11. The number of hydrogen-bond donors (Lipinski definition) is 3. The maximum absolute atomic E-state index is 13.5. The van der Waals surface area contributed by atoms with Crippen molar-refractivity contribution in [1.29, 1.82) is 0 Å². The lowest BCUT2D eigenvalue weighted by Crippen LogP contribution is -2.53. The third-order valence-electron chi connectivity index (χ3n) is 7.80. The summed E-state index contributed by atoms with van der Waals surface area (Å²) in [7, 11) is 0. The van der Waals surface area contributed by atoms with Gasteiger partial charge in [0.05, 0.1) is 18.4 Å². The Bertz CT molecular complexity index is 934. The molecule has 2 fully saturated rings. The molecule has 3 N–H and O–H groups in total. The van der Waals surface area contributed by atoms with E-state index in [9.17, 15) is 14.7 Å². The Morgan fingerprint density at radius 1 is 1.22 bits per heavy atom. The molecule has 2 aliphatic carbocycles. The van der Waals surface area contributed by atoms with Gasteiger partial charge in [0.25, 0.3) is 5.91 Å². The molecule has 210 valence electrons. The van der Waals surface area contributed by atoms with Crippen LogP contribution in [0.25, 0.3) is 0 Å². The van der Waals surface area contributed by atoms with E-state index in [1.165, 1.54) is 0 Å². The fourth-order valence-electron chi connectivity index (χ4n) is 6.28. The molecule has 5 atom stereocenters. The highest BCUT2D eigenvalue weighted by molar-refractivity contribution is 5.96. The number of aliphatic hydroxyl groups is 1. The highest BCUT2D eigenvalue weighted by Crippen LogP contribution is 2.46. The van der Waals surface area contributed by atoms with Gasteiger partial charge < -0.3 is 20.5 Å². The van der Waals surface area contributed by atoms with Crippen molar-refractivity contribution in [2.45, 2.75) is 118 Å². The van der Waals surface area contributed by atoms with Crippen LogP contribution in [-0.2, 0) is 11.3 Å². The topological polar surface area (TPSA) is 105 Å². The van der Waals surface area contributed by atoms with Crippen molar-refractivity contribution in [2.24, 2.45) is 29.6 Å². The number of aryl methyl sites for hydroxylation is 1. The van der Waals surface area contributed by atoms with Gasteiger partial charge >= 0.3 is 0 Å². The van der Waals surface area contributed by atoms with Crippen molar-refractivity contribution < 1.29 is 19.4 Å². The van der Waals surface area contributed by atoms with Crippen LogP contribution in [-0.4, -0.2) is 50.5 Å². The molecule has 2 bridgehead atoms. The Labute approximate surface area is 223 Å². The smallest absolute Gasteiger partial charge is 0.258 e. The van der Waals surface area contributed by atoms with Crippen LogP contribution in [0.4, 0.5) is 0 Å². The van der Waals surface area contributed by atoms with Crippen molar-refractivity contribution in [3.05, 3.63) is 11.8 Å². The summed E-state index contributed by atoms with van der Waals surface area (Å²) >= 11 is 0. The van der Waals surface area contributed by atoms with Gasteiger partial charge in [-0.15, -0.1) is 0 Å². The van der Waals surface area contributed by atoms with Crippen LogP contribution in [0, 0.1) is 29.6 Å². The Morgan fingerprint density at radius 2 is 1.92 bits per heavy atom. The summed E-state index contributed by atoms with van der Waals surface area (Å²) in [5.41, 5.74) is -0.634. The van der Waals surface area contributed by atoms with Crippen LogP contribution in [0.5, 0.6) is 5.88 Å². The molecule has 0 spiro atoms. The predicted molar refractivity (Wildman–Crippen MR) is 145 cm³/mol. The molecule has 37 heavy (non-hydrogen) atoms. The lowest BCUT2D eigenvalue weighted by atomic mass is 9.61. The number of hydrogen-bond acceptors (Lipinski definition) is 5. The molecule has 1 aromatic heterocycles. The fourth-order valence-corrected chi connectivity index (χ4v) is 6.28. The lowest BCUT2D eigenvalue weighted by Gasteiger charge is -2.49. The van der Waals surface area contributed by atoms with Gasteiger partial charge in [0.1, 0.15) is 5.56 Å². The number of carbonyl (C=O) groups is 2. The maximum Gasteiger partial charge on any atom is 0.258 e. The van der Waals surface area contributed by atoms with Gasteiger partial charge in [-0.1, -0.05) is 34.6 Å². The van der Waals surface area contributed by atoms with Crippen molar-refractivity contribution in [1.82, 2.24) is 20.4 Å². The summed E-state index contributed by atoms with van der Waals surface area (Å²) in [4.78, 5) is 25.9. The second-order valence-electron chi connectivity index (χ2n) is 13.6. The van der Waals surface area contributed by atoms with Gasteiger partial charge in [-0.25, -0.2) is 4.68 Å². The first-order valence-corrected chi connectivity index (χ1v) is 14.2. The summed E-state index contributed by atoms with van der Waals surface area (Å²) in [6.07, 6.45) is 6.38. The molecule has 2 amide bonds. The zero-order valence-electron chi connectivity index (χ0n) is 24.3. The second-order valence-corrected chi connectivity index (χ2v) is 13.6. The minimum absolute atomic E-state index is 0.0203. The number of aromatic nitrogens is 2. The molecule has 0 radical (unpaired) electrons. The van der Waals surface area contributed by atoms with Crippen LogP contribution in [0.2, 0.25) is 0 Å². The fraction of sp³-hybridized carbons (Fsp3) is 0.828. The van der Waals surface area contributed by atoms with Gasteiger partial charge in [-0.05, 0) is 82.5 Å². The van der Waals surface area contributed by atoms with E-state index < -0.39 is 11.1 Å². The van der Waals surface area contributed by atoms with Crippen molar-refractivity contribution in [2.75, 3.05) is 6.61 Å². The van der Waals surface area contributed by atoms with Gasteiger partial charge in [0.2, 0.25) is 11.8 Å². The molecule has 4 unspecified atom stereocenters. The Hall–Kier alpha value is -2.09. The van der Waals surface area contributed by atoms with E-state index in [1.807, 2.05) is 34.6 Å². The lowest BCUT2D eigenvalue weighted by molar-refractivity contribution is -0.123. The Morgan fingerprint density at radius 3 is 2.57 bits per heavy atom. The Kier molecular flexibility index (Phi) is 9.36. The standard InChI is InChI=1S/C29H50N4O4/c1-18(2)11-24(34)32-28(6,7)9-10-33-27(37-17-19(3)4)23(16-30-33)26(35)31-25-20(5)12-21-13-22(25)15-29(8,36)14-21/h16,18-22,25,36H,9-15,17H2,1-8H3,(H,31,35)(H,32,34)/t20?,21?,22?,25?,29-/m0/s1. The van der Waals surface area contributed by atoms with E-state index in [1.54, 1.807) is 10.9 Å². The zero-order valence-corrected chi connectivity index (χ0v) is 24.3. The van der Waals surface area contributed by atoms with E-state index >= 15 is 0 Å². The Balaban J connectivity index is 1.73. The average Bonchev–Trinajstić information content (AvgIpc) is 3.14. The van der Waals surface area contributed by atoms with E-state index in [4.69, 9.17) is 4.74 Å². The van der Waals surface area contributed by atoms with Crippen molar-refractivity contribution in [3.63, 3.8) is 0 Å². The molecule has 3 rings (SSSR count). The van der Waals surface area contributed by atoms with Crippen LogP contribution in [0.15, 0.2) is 6.20 Å². The van der Waals surface area contributed by atoms with Crippen molar-refractivity contribution in [3.8, 4) is 5.88 Å². The number of nitrogens with zero attached hydrogens (tertiary/aromatic N) is 2. The molecule has 0 saturated heterocycles. The number of nitrogens with one attached hydrogen (secondary N) is 2. The summed E-state index contributed by atoms with van der Waals surface area (Å²) < 4.78 is 7.88. The van der Waals surface area contributed by atoms with Gasteiger partial charge in [0, 0.05) is 24.5 Å². The van der Waals surface area contributed by atoms with E-state index in [-0.39, 0.29) is 23.8 Å².